The molecule has 0 atom stereocenters. The number of ether oxygens (including phenoxy) is 1. The molecule has 0 aliphatic heterocycles. The summed E-state index contributed by atoms with van der Waals surface area (Å²) in [5, 5.41) is 0.974. The number of nitrogens with two attached hydrogens (primary N) is 1. The van der Waals surface area contributed by atoms with Gasteiger partial charge in [-0.1, -0.05) is 40.0 Å². The van der Waals surface area contributed by atoms with Crippen molar-refractivity contribution in [2.24, 2.45) is 0 Å². The first-order valence-electron chi connectivity index (χ1n) is 13.4. The lowest BCUT2D eigenvalue weighted by Gasteiger charge is -2.21. The summed E-state index contributed by atoms with van der Waals surface area (Å²) in [4.78, 5) is 17.3. The molecule has 3 rings (SSSR count). The highest BCUT2D eigenvalue weighted by molar-refractivity contribution is 7.19. The van der Waals surface area contributed by atoms with Crippen molar-refractivity contribution in [2.75, 3.05) is 32.0 Å². The van der Waals surface area contributed by atoms with Crippen molar-refractivity contribution < 1.29 is 9.53 Å². The molecule has 5 heteroatoms. The normalized spacial score (nSPS) is 11.4. The molecule has 35 heavy (non-hydrogen) atoms. The second-order valence-corrected chi connectivity index (χ2v) is 10.5. The van der Waals surface area contributed by atoms with Gasteiger partial charge >= 0.3 is 0 Å². The number of carbonyl (C=O) groups excluding carboxylic acids is 1. The van der Waals surface area contributed by atoms with Crippen LogP contribution in [0.25, 0.3) is 10.1 Å². The van der Waals surface area contributed by atoms with Crippen molar-refractivity contribution in [3.05, 3.63) is 58.5 Å². The summed E-state index contributed by atoms with van der Waals surface area (Å²) in [6.07, 6.45) is 9.09. The highest BCUT2D eigenvalue weighted by atomic mass is 32.1. The number of fused-ring (bicyclic) bond motifs is 1. The molecule has 0 aliphatic rings. The second kappa shape index (κ2) is 14.3. The maximum atomic E-state index is 13.6. The quantitative estimate of drug-likeness (QED) is 0.126. The van der Waals surface area contributed by atoms with Crippen molar-refractivity contribution in [3.8, 4) is 5.75 Å². The van der Waals surface area contributed by atoms with E-state index in [1.54, 1.807) is 11.3 Å². The molecule has 0 radical (unpaired) electrons. The number of hydrogen-bond donors (Lipinski definition) is 1. The minimum Gasteiger partial charge on any atom is -0.494 e. The van der Waals surface area contributed by atoms with E-state index in [1.165, 1.54) is 38.8 Å². The molecule has 0 aliphatic carbocycles. The summed E-state index contributed by atoms with van der Waals surface area (Å²) in [5.74, 6) is 0.892. The van der Waals surface area contributed by atoms with Gasteiger partial charge in [-0.05, 0) is 87.7 Å². The number of ketones is 1. The van der Waals surface area contributed by atoms with Crippen LogP contribution in [0, 0.1) is 0 Å². The fourth-order valence-electron chi connectivity index (χ4n) is 4.35. The molecule has 190 valence electrons. The van der Waals surface area contributed by atoms with E-state index in [2.05, 4.69) is 25.7 Å². The minimum absolute atomic E-state index is 0.0713. The second-order valence-electron chi connectivity index (χ2n) is 9.36. The third-order valence-corrected chi connectivity index (χ3v) is 7.66. The van der Waals surface area contributed by atoms with Crippen molar-refractivity contribution >= 4 is 32.9 Å². The monoisotopic (exact) mass is 494 g/mol. The Kier molecular flexibility index (Phi) is 11.1. The molecule has 0 fully saturated rings. The van der Waals surface area contributed by atoms with E-state index in [1.807, 2.05) is 42.5 Å². The summed E-state index contributed by atoms with van der Waals surface area (Å²) >= 11 is 1.72. The minimum atomic E-state index is 0.0713. The van der Waals surface area contributed by atoms with Gasteiger partial charge in [0.25, 0.3) is 0 Å². The Labute approximate surface area is 215 Å². The van der Waals surface area contributed by atoms with Gasteiger partial charge in [-0.3, -0.25) is 4.79 Å². The molecule has 2 N–H and O–H groups in total. The van der Waals surface area contributed by atoms with Crippen molar-refractivity contribution in [3.63, 3.8) is 0 Å². The zero-order valence-corrected chi connectivity index (χ0v) is 22.6. The average molecular weight is 495 g/mol. The van der Waals surface area contributed by atoms with Gasteiger partial charge in [0, 0.05) is 38.3 Å². The Morgan fingerprint density at radius 2 is 1.54 bits per heavy atom. The lowest BCUT2D eigenvalue weighted by Crippen LogP contribution is -2.28. The molecule has 0 bridgehead atoms. The number of carbonyl (C=O) groups is 1. The maximum absolute atomic E-state index is 13.6. The zero-order chi connectivity index (χ0) is 25.0. The van der Waals surface area contributed by atoms with E-state index < -0.39 is 0 Å². The van der Waals surface area contributed by atoms with Crippen LogP contribution < -0.4 is 10.5 Å². The first kappa shape index (κ1) is 27.2. The topological polar surface area (TPSA) is 55.6 Å². The number of benzene rings is 2. The summed E-state index contributed by atoms with van der Waals surface area (Å²) in [6.45, 7) is 10.8. The third kappa shape index (κ3) is 7.81. The number of unbranched alkanes of at least 4 members (excludes halogenated alkanes) is 3. The summed E-state index contributed by atoms with van der Waals surface area (Å²) < 4.78 is 7.13. The van der Waals surface area contributed by atoms with Crippen LogP contribution in [0.4, 0.5) is 5.69 Å². The van der Waals surface area contributed by atoms with Crippen molar-refractivity contribution in [2.45, 2.75) is 72.1 Å². The molecule has 0 saturated heterocycles. The molecular weight excluding hydrogens is 452 g/mol. The lowest BCUT2D eigenvalue weighted by atomic mass is 9.98. The fraction of sp³-hybridized carbons (Fsp3) is 0.500. The Balaban J connectivity index is 1.63. The summed E-state index contributed by atoms with van der Waals surface area (Å²) in [7, 11) is 0. The van der Waals surface area contributed by atoms with Gasteiger partial charge in [0.15, 0.2) is 5.78 Å². The van der Waals surface area contributed by atoms with E-state index in [0.29, 0.717) is 17.9 Å². The van der Waals surface area contributed by atoms with Gasteiger partial charge in [0.1, 0.15) is 5.75 Å². The lowest BCUT2D eigenvalue weighted by molar-refractivity contribution is 0.104. The molecule has 0 unspecified atom stereocenters. The summed E-state index contributed by atoms with van der Waals surface area (Å²) in [5.41, 5.74) is 8.27. The third-order valence-electron chi connectivity index (χ3n) is 6.43. The van der Waals surface area contributed by atoms with E-state index in [-0.39, 0.29) is 5.78 Å². The van der Waals surface area contributed by atoms with Crippen LogP contribution in [0.15, 0.2) is 42.5 Å². The molecule has 0 amide bonds. The number of nitrogen functional groups attached to an aromatic ring is 1. The molecule has 2 aromatic carbocycles. The number of hydrogen-bond acceptors (Lipinski definition) is 5. The van der Waals surface area contributed by atoms with Gasteiger partial charge in [-0.2, -0.15) is 0 Å². The smallest absolute Gasteiger partial charge is 0.194 e. The van der Waals surface area contributed by atoms with Crippen LogP contribution >= 0.6 is 11.3 Å². The number of rotatable bonds is 16. The molecule has 0 saturated carbocycles. The highest BCUT2D eigenvalue weighted by Crippen LogP contribution is 2.35. The first-order valence-corrected chi connectivity index (χ1v) is 14.2. The molecule has 4 nitrogen and oxygen atoms in total. The number of anilines is 1. The maximum Gasteiger partial charge on any atom is 0.194 e. The predicted molar refractivity (Wildman–Crippen MR) is 151 cm³/mol. The zero-order valence-electron chi connectivity index (χ0n) is 21.8. The Hall–Kier alpha value is -2.37. The molecule has 0 spiro atoms. The van der Waals surface area contributed by atoms with Crippen molar-refractivity contribution in [1.82, 2.24) is 4.90 Å². The fourth-order valence-corrected chi connectivity index (χ4v) is 5.58. The largest absolute Gasteiger partial charge is 0.494 e. The van der Waals surface area contributed by atoms with Gasteiger partial charge in [-0.25, -0.2) is 0 Å². The van der Waals surface area contributed by atoms with Crippen LogP contribution in [-0.4, -0.2) is 36.9 Å². The van der Waals surface area contributed by atoms with E-state index in [0.717, 1.165) is 58.5 Å². The van der Waals surface area contributed by atoms with E-state index in [4.69, 9.17) is 10.5 Å². The predicted octanol–water partition coefficient (Wildman–Crippen LogP) is 7.73. The highest BCUT2D eigenvalue weighted by Gasteiger charge is 2.20. The Morgan fingerprint density at radius 1 is 0.886 bits per heavy atom. The SMILES string of the molecule is CCCCc1sc2ccc(N)cc2c1C(=O)c1ccc(OCCCN(CCCC)CCCC)cc1. The average Bonchev–Trinajstić information content (AvgIpc) is 3.23. The Bertz CT molecular complexity index is 1050. The van der Waals surface area contributed by atoms with Crippen LogP contribution in [-0.2, 0) is 6.42 Å². The van der Waals surface area contributed by atoms with Crippen LogP contribution in [0.3, 0.4) is 0 Å². The molecule has 1 aromatic heterocycles. The standard InChI is InChI=1S/C30H42N2O2S/c1-4-7-11-28-29(26-22-24(31)14-17-27(26)35-28)30(33)23-12-15-25(16-13-23)34-21-10-20-32(18-8-5-2)19-9-6-3/h12-17,22H,4-11,18-21,31H2,1-3H3. The Morgan fingerprint density at radius 3 is 2.20 bits per heavy atom. The number of thiophene rings is 1. The summed E-state index contributed by atoms with van der Waals surface area (Å²) in [6, 6.07) is 13.5. The van der Waals surface area contributed by atoms with Crippen LogP contribution in [0.2, 0.25) is 0 Å². The molecular formula is C30H42N2O2S. The van der Waals surface area contributed by atoms with Gasteiger partial charge in [0.2, 0.25) is 0 Å². The number of aryl methyl sites for hydroxylation is 1. The van der Waals surface area contributed by atoms with Gasteiger partial charge in [0.05, 0.1) is 6.61 Å². The van der Waals surface area contributed by atoms with Crippen molar-refractivity contribution in [1.29, 1.82) is 0 Å². The molecule has 1 heterocycles. The van der Waals surface area contributed by atoms with Crippen LogP contribution in [0.1, 0.15) is 86.5 Å². The van der Waals surface area contributed by atoms with Gasteiger partial charge in [-0.15, -0.1) is 11.3 Å². The molecule has 3 aromatic rings. The van der Waals surface area contributed by atoms with Crippen LogP contribution in [0.5, 0.6) is 5.75 Å². The van der Waals surface area contributed by atoms with E-state index in [9.17, 15) is 4.79 Å². The van der Waals surface area contributed by atoms with E-state index >= 15 is 0 Å². The van der Waals surface area contributed by atoms with Gasteiger partial charge < -0.3 is 15.4 Å². The first-order chi connectivity index (χ1) is 17.1. The number of nitrogens with zero attached hydrogens (tertiary/aromatic N) is 1.